The summed E-state index contributed by atoms with van der Waals surface area (Å²) in [6, 6.07) is 7.23. The van der Waals surface area contributed by atoms with E-state index in [9.17, 15) is 4.79 Å². The highest BCUT2D eigenvalue weighted by atomic mass is 32.1. The van der Waals surface area contributed by atoms with Gasteiger partial charge >= 0.3 is 6.03 Å². The summed E-state index contributed by atoms with van der Waals surface area (Å²) in [5.74, 6) is 0.595. The molecule has 0 aromatic heterocycles. The predicted octanol–water partition coefficient (Wildman–Crippen LogP) is 3.14. The van der Waals surface area contributed by atoms with Crippen molar-refractivity contribution in [2.75, 3.05) is 11.9 Å². The Labute approximate surface area is 102 Å². The topological polar surface area (TPSA) is 41.1 Å². The van der Waals surface area contributed by atoms with Gasteiger partial charge in [-0.15, -0.1) is 12.6 Å². The van der Waals surface area contributed by atoms with E-state index in [2.05, 4.69) is 37.1 Å². The van der Waals surface area contributed by atoms with Crippen molar-refractivity contribution < 1.29 is 4.79 Å². The Balaban J connectivity index is 2.37. The predicted molar refractivity (Wildman–Crippen MR) is 70.2 cm³/mol. The molecule has 0 fully saturated rings. The summed E-state index contributed by atoms with van der Waals surface area (Å²) in [6.45, 7) is 4.95. The van der Waals surface area contributed by atoms with E-state index in [0.29, 0.717) is 12.5 Å². The molecule has 88 valence electrons. The first-order valence-corrected chi connectivity index (χ1v) is 5.87. The van der Waals surface area contributed by atoms with Crippen molar-refractivity contribution in [3.63, 3.8) is 0 Å². The number of para-hydroxylation sites is 1. The Bertz CT molecular complexity index is 353. The van der Waals surface area contributed by atoms with Crippen molar-refractivity contribution >= 4 is 24.3 Å². The van der Waals surface area contributed by atoms with E-state index in [1.54, 1.807) is 0 Å². The van der Waals surface area contributed by atoms with E-state index in [0.717, 1.165) is 17.0 Å². The fraction of sp³-hybridized carbons (Fsp3) is 0.417. The fourth-order valence-electron chi connectivity index (χ4n) is 1.22. The summed E-state index contributed by atoms with van der Waals surface area (Å²) in [4.78, 5) is 12.3. The van der Waals surface area contributed by atoms with Crippen LogP contribution < -0.4 is 10.6 Å². The summed E-state index contributed by atoms with van der Waals surface area (Å²) < 4.78 is 0. The average molecular weight is 238 g/mol. The standard InChI is InChI=1S/C12H18N2OS/c1-9(2)7-8-13-12(15)14-10-5-3-4-6-11(10)16/h3-6,9,16H,7-8H2,1-2H3,(H2,13,14,15). The van der Waals surface area contributed by atoms with Crippen molar-refractivity contribution in [1.29, 1.82) is 0 Å². The molecule has 0 atom stereocenters. The van der Waals surface area contributed by atoms with Crippen LogP contribution in [0.4, 0.5) is 10.5 Å². The lowest BCUT2D eigenvalue weighted by Crippen LogP contribution is -2.30. The number of carbonyl (C=O) groups is 1. The number of amides is 2. The van der Waals surface area contributed by atoms with Crippen molar-refractivity contribution in [3.8, 4) is 0 Å². The maximum absolute atomic E-state index is 11.5. The molecule has 0 aliphatic rings. The Morgan fingerprint density at radius 2 is 2.06 bits per heavy atom. The second-order valence-corrected chi connectivity index (χ2v) is 4.56. The molecule has 0 radical (unpaired) electrons. The van der Waals surface area contributed by atoms with Gasteiger partial charge in [-0.1, -0.05) is 26.0 Å². The molecule has 16 heavy (non-hydrogen) atoms. The fourth-order valence-corrected chi connectivity index (χ4v) is 1.44. The molecule has 1 aromatic carbocycles. The first-order chi connectivity index (χ1) is 7.59. The van der Waals surface area contributed by atoms with Crippen LogP contribution in [-0.4, -0.2) is 12.6 Å². The monoisotopic (exact) mass is 238 g/mol. The lowest BCUT2D eigenvalue weighted by atomic mass is 10.1. The second kappa shape index (κ2) is 6.43. The molecular formula is C12H18N2OS. The molecule has 0 aliphatic carbocycles. The molecule has 2 amide bonds. The van der Waals surface area contributed by atoms with Crippen LogP contribution >= 0.6 is 12.6 Å². The van der Waals surface area contributed by atoms with Crippen molar-refractivity contribution in [3.05, 3.63) is 24.3 Å². The molecule has 0 saturated carbocycles. The summed E-state index contributed by atoms with van der Waals surface area (Å²) >= 11 is 4.25. The van der Waals surface area contributed by atoms with Gasteiger partial charge in [-0.2, -0.15) is 0 Å². The van der Waals surface area contributed by atoms with Gasteiger partial charge in [0.05, 0.1) is 5.69 Å². The van der Waals surface area contributed by atoms with Gasteiger partial charge in [0.15, 0.2) is 0 Å². The van der Waals surface area contributed by atoms with Gasteiger partial charge in [0.25, 0.3) is 0 Å². The van der Waals surface area contributed by atoms with E-state index in [1.807, 2.05) is 24.3 Å². The number of anilines is 1. The van der Waals surface area contributed by atoms with Crippen LogP contribution in [-0.2, 0) is 0 Å². The van der Waals surface area contributed by atoms with E-state index in [4.69, 9.17) is 0 Å². The van der Waals surface area contributed by atoms with Gasteiger partial charge < -0.3 is 10.6 Å². The van der Waals surface area contributed by atoms with Gasteiger partial charge in [0, 0.05) is 11.4 Å². The third-order valence-electron chi connectivity index (χ3n) is 2.16. The van der Waals surface area contributed by atoms with Crippen LogP contribution in [0.3, 0.4) is 0 Å². The summed E-state index contributed by atoms with van der Waals surface area (Å²) in [6.07, 6.45) is 0.982. The van der Waals surface area contributed by atoms with Gasteiger partial charge in [-0.05, 0) is 24.5 Å². The van der Waals surface area contributed by atoms with Gasteiger partial charge in [-0.25, -0.2) is 4.79 Å². The largest absolute Gasteiger partial charge is 0.338 e. The van der Waals surface area contributed by atoms with Crippen LogP contribution in [0.25, 0.3) is 0 Å². The van der Waals surface area contributed by atoms with Crippen molar-refractivity contribution in [1.82, 2.24) is 5.32 Å². The Hall–Kier alpha value is -1.16. The number of thiol groups is 1. The maximum atomic E-state index is 11.5. The molecule has 0 bridgehead atoms. The SMILES string of the molecule is CC(C)CCNC(=O)Nc1ccccc1S. The van der Waals surface area contributed by atoms with Gasteiger partial charge in [0.2, 0.25) is 0 Å². The molecule has 2 N–H and O–H groups in total. The Kier molecular flexibility index (Phi) is 5.19. The maximum Gasteiger partial charge on any atom is 0.319 e. The lowest BCUT2D eigenvalue weighted by molar-refractivity contribution is 0.251. The number of benzene rings is 1. The number of carbonyl (C=O) groups excluding carboxylic acids is 1. The lowest BCUT2D eigenvalue weighted by Gasteiger charge is -2.10. The Morgan fingerprint density at radius 1 is 1.38 bits per heavy atom. The average Bonchev–Trinajstić information content (AvgIpc) is 2.21. The second-order valence-electron chi connectivity index (χ2n) is 4.08. The number of urea groups is 1. The zero-order valence-corrected chi connectivity index (χ0v) is 10.6. The van der Waals surface area contributed by atoms with Crippen LogP contribution in [0.1, 0.15) is 20.3 Å². The molecule has 0 heterocycles. The van der Waals surface area contributed by atoms with E-state index < -0.39 is 0 Å². The third-order valence-corrected chi connectivity index (χ3v) is 2.55. The van der Waals surface area contributed by atoms with Crippen molar-refractivity contribution in [2.24, 2.45) is 5.92 Å². The van der Waals surface area contributed by atoms with E-state index >= 15 is 0 Å². The quantitative estimate of drug-likeness (QED) is 0.693. The molecule has 0 aliphatic heterocycles. The van der Waals surface area contributed by atoms with Crippen LogP contribution in [0, 0.1) is 5.92 Å². The van der Waals surface area contributed by atoms with Gasteiger partial charge in [0.1, 0.15) is 0 Å². The zero-order valence-electron chi connectivity index (χ0n) is 9.66. The highest BCUT2D eigenvalue weighted by Gasteiger charge is 2.03. The molecule has 1 rings (SSSR count). The van der Waals surface area contributed by atoms with Crippen LogP contribution in [0.15, 0.2) is 29.2 Å². The molecule has 3 nitrogen and oxygen atoms in total. The Morgan fingerprint density at radius 3 is 2.69 bits per heavy atom. The van der Waals surface area contributed by atoms with E-state index in [1.165, 1.54) is 0 Å². The smallest absolute Gasteiger partial charge is 0.319 e. The summed E-state index contributed by atoms with van der Waals surface area (Å²) in [5, 5.41) is 5.56. The molecule has 0 spiro atoms. The van der Waals surface area contributed by atoms with Crippen LogP contribution in [0.2, 0.25) is 0 Å². The number of hydrogen-bond acceptors (Lipinski definition) is 2. The third kappa shape index (κ3) is 4.57. The molecule has 4 heteroatoms. The highest BCUT2D eigenvalue weighted by Crippen LogP contribution is 2.18. The summed E-state index contributed by atoms with van der Waals surface area (Å²) in [7, 11) is 0. The zero-order chi connectivity index (χ0) is 12.0. The molecule has 0 saturated heterocycles. The minimum absolute atomic E-state index is 0.179. The first kappa shape index (κ1) is 12.9. The summed E-state index contributed by atoms with van der Waals surface area (Å²) in [5.41, 5.74) is 0.730. The molecule has 0 unspecified atom stereocenters. The van der Waals surface area contributed by atoms with Gasteiger partial charge in [-0.3, -0.25) is 0 Å². The normalized spacial score (nSPS) is 10.2. The van der Waals surface area contributed by atoms with Crippen LogP contribution in [0.5, 0.6) is 0 Å². The minimum atomic E-state index is -0.179. The molecule has 1 aromatic rings. The number of hydrogen-bond donors (Lipinski definition) is 3. The minimum Gasteiger partial charge on any atom is -0.338 e. The van der Waals surface area contributed by atoms with E-state index in [-0.39, 0.29) is 6.03 Å². The first-order valence-electron chi connectivity index (χ1n) is 5.42. The highest BCUT2D eigenvalue weighted by molar-refractivity contribution is 7.80. The molecular weight excluding hydrogens is 220 g/mol. The number of rotatable bonds is 4. The number of nitrogens with one attached hydrogen (secondary N) is 2. The van der Waals surface area contributed by atoms with Crippen molar-refractivity contribution in [2.45, 2.75) is 25.2 Å².